The molecule has 0 aliphatic carbocycles. The lowest BCUT2D eigenvalue weighted by Gasteiger charge is -2.32. The Morgan fingerprint density at radius 3 is 1.82 bits per heavy atom. The van der Waals surface area contributed by atoms with Gasteiger partial charge in [-0.15, -0.1) is 0 Å². The summed E-state index contributed by atoms with van der Waals surface area (Å²) in [6, 6.07) is 26.6. The highest BCUT2D eigenvalue weighted by Gasteiger charge is 2.51. The molecule has 0 amide bonds. The standard InChI is InChI=1S/C27H26BN3O2/c1-26(2)27(3,4)33-28(32-26)23-12-8-11-22(17-23)25-30-18-29-24(31-25)21-15-13-20(14-16-21)19-9-6-5-7-10-19/h5-18H,1-4H3. The Balaban J connectivity index is 1.42. The molecule has 0 spiro atoms. The van der Waals surface area contributed by atoms with Crippen LogP contribution in [0.25, 0.3) is 33.9 Å². The Morgan fingerprint density at radius 2 is 1.15 bits per heavy atom. The molecule has 5 rings (SSSR count). The molecule has 0 unspecified atom stereocenters. The highest BCUT2D eigenvalue weighted by atomic mass is 16.7. The molecule has 1 aliphatic heterocycles. The van der Waals surface area contributed by atoms with Gasteiger partial charge in [-0.3, -0.25) is 0 Å². The maximum Gasteiger partial charge on any atom is 0.494 e. The normalized spacial score (nSPS) is 16.7. The molecule has 0 bridgehead atoms. The van der Waals surface area contributed by atoms with Crippen LogP contribution in [-0.2, 0) is 9.31 Å². The van der Waals surface area contributed by atoms with Crippen LogP contribution >= 0.6 is 0 Å². The Kier molecular flexibility index (Phi) is 5.35. The lowest BCUT2D eigenvalue weighted by atomic mass is 9.78. The minimum atomic E-state index is -0.429. The van der Waals surface area contributed by atoms with Crippen LogP contribution in [0.5, 0.6) is 0 Å². The summed E-state index contributed by atoms with van der Waals surface area (Å²) in [7, 11) is -0.429. The van der Waals surface area contributed by atoms with Crippen molar-refractivity contribution in [3.05, 3.63) is 85.2 Å². The molecule has 1 aliphatic rings. The van der Waals surface area contributed by atoms with E-state index >= 15 is 0 Å². The van der Waals surface area contributed by atoms with Crippen LogP contribution in [0.4, 0.5) is 0 Å². The molecule has 0 atom stereocenters. The topological polar surface area (TPSA) is 57.1 Å². The first kappa shape index (κ1) is 21.5. The lowest BCUT2D eigenvalue weighted by Crippen LogP contribution is -2.41. The minimum absolute atomic E-state index is 0.389. The maximum absolute atomic E-state index is 6.21. The van der Waals surface area contributed by atoms with E-state index in [9.17, 15) is 0 Å². The molecular formula is C27H26BN3O2. The van der Waals surface area contributed by atoms with Crippen LogP contribution in [0.3, 0.4) is 0 Å². The molecule has 6 heteroatoms. The number of aromatic nitrogens is 3. The van der Waals surface area contributed by atoms with Gasteiger partial charge in [-0.05, 0) is 44.3 Å². The van der Waals surface area contributed by atoms with Crippen molar-refractivity contribution in [1.29, 1.82) is 0 Å². The first-order valence-electron chi connectivity index (χ1n) is 11.1. The summed E-state index contributed by atoms with van der Waals surface area (Å²) < 4.78 is 12.4. The van der Waals surface area contributed by atoms with E-state index in [2.05, 4.69) is 61.9 Å². The zero-order valence-electron chi connectivity index (χ0n) is 19.3. The van der Waals surface area contributed by atoms with Crippen LogP contribution in [0.2, 0.25) is 0 Å². The summed E-state index contributed by atoms with van der Waals surface area (Å²) in [5.74, 6) is 1.26. The average molecular weight is 435 g/mol. The Bertz CT molecular complexity index is 1260. The van der Waals surface area contributed by atoms with Crippen molar-refractivity contribution in [1.82, 2.24) is 15.0 Å². The predicted molar refractivity (Wildman–Crippen MR) is 132 cm³/mol. The summed E-state index contributed by atoms with van der Waals surface area (Å²) in [6.07, 6.45) is 1.56. The molecule has 164 valence electrons. The average Bonchev–Trinajstić information content (AvgIpc) is 3.07. The van der Waals surface area contributed by atoms with E-state index in [0.29, 0.717) is 11.6 Å². The van der Waals surface area contributed by atoms with Gasteiger partial charge in [0.1, 0.15) is 6.33 Å². The van der Waals surface area contributed by atoms with Crippen LogP contribution in [0.1, 0.15) is 27.7 Å². The van der Waals surface area contributed by atoms with E-state index < -0.39 is 7.12 Å². The van der Waals surface area contributed by atoms with Crippen molar-refractivity contribution in [2.75, 3.05) is 0 Å². The Labute approximate surface area is 195 Å². The second-order valence-corrected chi connectivity index (χ2v) is 9.29. The van der Waals surface area contributed by atoms with Gasteiger partial charge in [-0.25, -0.2) is 15.0 Å². The smallest absolute Gasteiger partial charge is 0.399 e. The van der Waals surface area contributed by atoms with E-state index in [0.717, 1.165) is 22.2 Å². The van der Waals surface area contributed by atoms with E-state index in [1.165, 1.54) is 5.56 Å². The van der Waals surface area contributed by atoms with Crippen molar-refractivity contribution in [2.24, 2.45) is 0 Å². The fraction of sp³-hybridized carbons (Fsp3) is 0.222. The van der Waals surface area contributed by atoms with Gasteiger partial charge in [-0.2, -0.15) is 0 Å². The molecule has 1 aromatic heterocycles. The molecule has 0 saturated carbocycles. The van der Waals surface area contributed by atoms with Gasteiger partial charge >= 0.3 is 7.12 Å². The molecule has 5 nitrogen and oxygen atoms in total. The van der Waals surface area contributed by atoms with Crippen molar-refractivity contribution >= 4 is 12.6 Å². The van der Waals surface area contributed by atoms with Crippen molar-refractivity contribution in [2.45, 2.75) is 38.9 Å². The Hall–Kier alpha value is -3.35. The van der Waals surface area contributed by atoms with Crippen LogP contribution in [0.15, 0.2) is 85.2 Å². The number of hydrogen-bond donors (Lipinski definition) is 0. The van der Waals surface area contributed by atoms with Crippen molar-refractivity contribution in [3.63, 3.8) is 0 Å². The summed E-state index contributed by atoms with van der Waals surface area (Å²) >= 11 is 0. The zero-order valence-corrected chi connectivity index (χ0v) is 19.3. The van der Waals surface area contributed by atoms with Gasteiger partial charge in [0.25, 0.3) is 0 Å². The quantitative estimate of drug-likeness (QED) is 0.414. The highest BCUT2D eigenvalue weighted by molar-refractivity contribution is 6.62. The first-order chi connectivity index (χ1) is 15.8. The van der Waals surface area contributed by atoms with E-state index in [1.807, 2.05) is 54.6 Å². The molecule has 33 heavy (non-hydrogen) atoms. The van der Waals surface area contributed by atoms with E-state index in [-0.39, 0.29) is 11.2 Å². The molecule has 0 N–H and O–H groups in total. The van der Waals surface area contributed by atoms with Crippen LogP contribution < -0.4 is 5.46 Å². The maximum atomic E-state index is 6.21. The second-order valence-electron chi connectivity index (χ2n) is 9.29. The van der Waals surface area contributed by atoms with Gasteiger partial charge in [0.2, 0.25) is 0 Å². The third-order valence-corrected chi connectivity index (χ3v) is 6.49. The van der Waals surface area contributed by atoms with Gasteiger partial charge in [0, 0.05) is 11.1 Å². The number of hydrogen-bond acceptors (Lipinski definition) is 5. The van der Waals surface area contributed by atoms with Gasteiger partial charge in [-0.1, -0.05) is 78.9 Å². The number of benzene rings is 3. The fourth-order valence-corrected chi connectivity index (χ4v) is 3.82. The first-order valence-corrected chi connectivity index (χ1v) is 11.1. The van der Waals surface area contributed by atoms with Gasteiger partial charge in [0.15, 0.2) is 11.6 Å². The molecule has 4 aromatic rings. The summed E-state index contributed by atoms with van der Waals surface area (Å²) in [5.41, 5.74) is 4.34. The number of nitrogens with zero attached hydrogens (tertiary/aromatic N) is 3. The molecule has 1 fully saturated rings. The number of rotatable bonds is 4. The van der Waals surface area contributed by atoms with Gasteiger partial charge < -0.3 is 9.31 Å². The molecular weight excluding hydrogens is 409 g/mol. The highest BCUT2D eigenvalue weighted by Crippen LogP contribution is 2.36. The summed E-state index contributed by atoms with van der Waals surface area (Å²) in [4.78, 5) is 13.6. The summed E-state index contributed by atoms with van der Waals surface area (Å²) in [5, 5.41) is 0. The zero-order chi connectivity index (χ0) is 23.1. The van der Waals surface area contributed by atoms with Crippen LogP contribution in [-0.4, -0.2) is 33.3 Å². The molecule has 2 heterocycles. The minimum Gasteiger partial charge on any atom is -0.399 e. The summed E-state index contributed by atoms with van der Waals surface area (Å²) in [6.45, 7) is 8.21. The lowest BCUT2D eigenvalue weighted by molar-refractivity contribution is 0.00578. The molecule has 1 saturated heterocycles. The van der Waals surface area contributed by atoms with E-state index in [4.69, 9.17) is 14.3 Å². The fourth-order valence-electron chi connectivity index (χ4n) is 3.82. The SMILES string of the molecule is CC1(C)OB(c2cccc(-c3ncnc(-c4ccc(-c5ccccc5)cc4)n3)c2)OC1(C)C. The predicted octanol–water partition coefficient (Wildman–Crippen LogP) is 5.17. The molecule has 0 radical (unpaired) electrons. The monoisotopic (exact) mass is 435 g/mol. The molecule has 3 aromatic carbocycles. The van der Waals surface area contributed by atoms with E-state index in [1.54, 1.807) is 6.33 Å². The largest absolute Gasteiger partial charge is 0.494 e. The van der Waals surface area contributed by atoms with Crippen molar-refractivity contribution in [3.8, 4) is 33.9 Å². The second kappa shape index (κ2) is 8.21. The third kappa shape index (κ3) is 4.20. The Morgan fingerprint density at radius 1 is 0.606 bits per heavy atom. The third-order valence-electron chi connectivity index (χ3n) is 6.49. The van der Waals surface area contributed by atoms with Crippen molar-refractivity contribution < 1.29 is 9.31 Å². The van der Waals surface area contributed by atoms with Gasteiger partial charge in [0.05, 0.1) is 11.2 Å². The van der Waals surface area contributed by atoms with Crippen LogP contribution in [0, 0.1) is 0 Å².